The van der Waals surface area contributed by atoms with Crippen molar-refractivity contribution < 1.29 is 18.4 Å². The highest BCUT2D eigenvalue weighted by Gasteiger charge is 2.26. The van der Waals surface area contributed by atoms with Gasteiger partial charge in [-0.25, -0.2) is 8.78 Å². The number of benzene rings is 1. The van der Waals surface area contributed by atoms with Crippen LogP contribution in [0.4, 0.5) is 13.8 Å². The smallest absolute Gasteiger partial charge is 0.251 e. The molecule has 3 N–H and O–H groups in total. The number of hydrogen-bond acceptors (Lipinski definition) is 4. The minimum atomic E-state index is -0.629. The van der Waals surface area contributed by atoms with Gasteiger partial charge in [0.1, 0.15) is 16.6 Å². The molecular weight excluding hydrogens is 378 g/mol. The van der Waals surface area contributed by atoms with Crippen molar-refractivity contribution in [3.05, 3.63) is 51.4 Å². The number of primary amides is 1. The fourth-order valence-electron chi connectivity index (χ4n) is 3.10. The Bertz CT molecular complexity index is 847. The van der Waals surface area contributed by atoms with Crippen molar-refractivity contribution in [3.8, 4) is 0 Å². The summed E-state index contributed by atoms with van der Waals surface area (Å²) in [6, 6.07) is 3.70. The molecule has 1 unspecified atom stereocenters. The standard InChI is InChI=1S/C18H18F2N2O2S2/c1-9(15-11(19)5-3-6-12(15)20)25-8-14(23)22-18-16(17(21)24)10-4-2-7-13(10)26-18/h3,5-6,9H,2,4,7-8H2,1H3,(H2,21,24)(H,22,23). The van der Waals surface area contributed by atoms with Crippen molar-refractivity contribution in [1.29, 1.82) is 0 Å². The number of amides is 2. The monoisotopic (exact) mass is 396 g/mol. The molecule has 0 saturated carbocycles. The van der Waals surface area contributed by atoms with Gasteiger partial charge in [-0.3, -0.25) is 9.59 Å². The topological polar surface area (TPSA) is 72.2 Å². The van der Waals surface area contributed by atoms with Gasteiger partial charge in [0.15, 0.2) is 0 Å². The van der Waals surface area contributed by atoms with E-state index in [9.17, 15) is 18.4 Å². The van der Waals surface area contributed by atoms with Crippen LogP contribution in [0.25, 0.3) is 0 Å². The lowest BCUT2D eigenvalue weighted by molar-refractivity contribution is -0.113. The lowest BCUT2D eigenvalue weighted by Gasteiger charge is -2.13. The second-order valence-electron chi connectivity index (χ2n) is 6.06. The average Bonchev–Trinajstić information content (AvgIpc) is 3.12. The summed E-state index contributed by atoms with van der Waals surface area (Å²) in [5.41, 5.74) is 6.76. The molecule has 2 aromatic rings. The zero-order valence-electron chi connectivity index (χ0n) is 14.1. The van der Waals surface area contributed by atoms with Crippen LogP contribution in [0.3, 0.4) is 0 Å². The Kier molecular flexibility index (Phi) is 5.62. The minimum absolute atomic E-state index is 0.00963. The molecule has 1 atom stereocenters. The van der Waals surface area contributed by atoms with Crippen LogP contribution in [0.5, 0.6) is 0 Å². The third-order valence-corrected chi connectivity index (χ3v) is 6.66. The number of nitrogens with two attached hydrogens (primary N) is 1. The molecule has 26 heavy (non-hydrogen) atoms. The maximum atomic E-state index is 13.8. The van der Waals surface area contributed by atoms with Gasteiger partial charge in [0.2, 0.25) is 5.91 Å². The largest absolute Gasteiger partial charge is 0.365 e. The first-order valence-corrected chi connectivity index (χ1v) is 10.0. The molecule has 1 aromatic carbocycles. The summed E-state index contributed by atoms with van der Waals surface area (Å²) in [6.07, 6.45) is 2.66. The first-order valence-electron chi connectivity index (χ1n) is 8.18. The third-order valence-electron chi connectivity index (χ3n) is 4.29. The highest BCUT2D eigenvalue weighted by Crippen LogP contribution is 2.39. The zero-order chi connectivity index (χ0) is 18.8. The van der Waals surface area contributed by atoms with Crippen LogP contribution in [0.1, 0.15) is 45.0 Å². The molecule has 1 aromatic heterocycles. The Labute approximate surface area is 158 Å². The summed E-state index contributed by atoms with van der Waals surface area (Å²) >= 11 is 2.51. The number of nitrogens with one attached hydrogen (secondary N) is 1. The molecule has 3 rings (SSSR count). The number of thioether (sulfide) groups is 1. The molecule has 2 amide bonds. The summed E-state index contributed by atoms with van der Waals surface area (Å²) in [6.45, 7) is 1.65. The molecule has 138 valence electrons. The molecule has 0 aliphatic heterocycles. The van der Waals surface area contributed by atoms with Crippen molar-refractivity contribution in [3.63, 3.8) is 0 Å². The fraction of sp³-hybridized carbons (Fsp3) is 0.333. The highest BCUT2D eigenvalue weighted by molar-refractivity contribution is 8.00. The molecule has 4 nitrogen and oxygen atoms in total. The predicted octanol–water partition coefficient (Wildman–Crippen LogP) is 4.05. The van der Waals surface area contributed by atoms with E-state index in [0.29, 0.717) is 10.6 Å². The molecule has 0 spiro atoms. The number of fused-ring (bicyclic) bond motifs is 1. The number of anilines is 1. The first kappa shape index (κ1) is 18.8. The lowest BCUT2D eigenvalue weighted by Crippen LogP contribution is -2.19. The maximum absolute atomic E-state index is 13.8. The Balaban J connectivity index is 1.66. The van der Waals surface area contributed by atoms with E-state index < -0.39 is 22.8 Å². The Morgan fingerprint density at radius 3 is 2.65 bits per heavy atom. The number of aryl methyl sites for hydroxylation is 1. The highest BCUT2D eigenvalue weighted by atomic mass is 32.2. The molecular formula is C18H18F2N2O2S2. The second-order valence-corrected chi connectivity index (χ2v) is 8.50. The first-order chi connectivity index (χ1) is 12.4. The van der Waals surface area contributed by atoms with Gasteiger partial charge in [-0.05, 0) is 43.9 Å². The van der Waals surface area contributed by atoms with Gasteiger partial charge in [0, 0.05) is 15.7 Å². The third kappa shape index (κ3) is 3.76. The van der Waals surface area contributed by atoms with E-state index in [0.717, 1.165) is 41.5 Å². The van der Waals surface area contributed by atoms with E-state index in [4.69, 9.17) is 5.73 Å². The maximum Gasteiger partial charge on any atom is 0.251 e. The van der Waals surface area contributed by atoms with Crippen LogP contribution in [0, 0.1) is 11.6 Å². The molecule has 0 radical (unpaired) electrons. The Hall–Kier alpha value is -1.93. The number of thiophene rings is 1. The van der Waals surface area contributed by atoms with Crippen LogP contribution in [-0.2, 0) is 17.6 Å². The summed E-state index contributed by atoms with van der Waals surface area (Å²) in [5, 5.41) is 2.68. The Morgan fingerprint density at radius 1 is 1.31 bits per heavy atom. The second kappa shape index (κ2) is 7.75. The van der Waals surface area contributed by atoms with Crippen LogP contribution in [0.15, 0.2) is 18.2 Å². The Morgan fingerprint density at radius 2 is 2.00 bits per heavy atom. The number of carbonyl (C=O) groups is 2. The summed E-state index contributed by atoms with van der Waals surface area (Å²) in [4.78, 5) is 25.1. The molecule has 1 aliphatic carbocycles. The van der Waals surface area contributed by atoms with E-state index in [1.807, 2.05) is 0 Å². The fourth-order valence-corrected chi connectivity index (χ4v) is 5.28. The van der Waals surface area contributed by atoms with Crippen molar-refractivity contribution in [1.82, 2.24) is 0 Å². The van der Waals surface area contributed by atoms with Crippen LogP contribution in [0.2, 0.25) is 0 Å². The van der Waals surface area contributed by atoms with Crippen LogP contribution < -0.4 is 11.1 Å². The summed E-state index contributed by atoms with van der Waals surface area (Å²) in [7, 11) is 0. The molecule has 8 heteroatoms. The summed E-state index contributed by atoms with van der Waals surface area (Å²) in [5.74, 6) is -2.13. The molecule has 1 aliphatic rings. The van der Waals surface area contributed by atoms with E-state index in [2.05, 4.69) is 5.32 Å². The van der Waals surface area contributed by atoms with Crippen molar-refractivity contribution in [2.75, 3.05) is 11.1 Å². The summed E-state index contributed by atoms with van der Waals surface area (Å²) < 4.78 is 27.6. The number of carbonyl (C=O) groups excluding carboxylic acids is 2. The number of halogens is 2. The number of rotatable bonds is 6. The molecule has 0 saturated heterocycles. The SMILES string of the molecule is CC(SCC(=O)Nc1sc2c(c1C(N)=O)CCC2)c1c(F)cccc1F. The molecule has 0 bridgehead atoms. The molecule has 1 heterocycles. The van der Waals surface area contributed by atoms with Crippen molar-refractivity contribution >= 4 is 39.9 Å². The average molecular weight is 396 g/mol. The van der Waals surface area contributed by atoms with Gasteiger partial charge in [-0.2, -0.15) is 0 Å². The van der Waals surface area contributed by atoms with Gasteiger partial charge in [0.25, 0.3) is 5.91 Å². The quantitative estimate of drug-likeness (QED) is 0.774. The van der Waals surface area contributed by atoms with Crippen molar-refractivity contribution in [2.24, 2.45) is 5.73 Å². The minimum Gasteiger partial charge on any atom is -0.365 e. The van der Waals surface area contributed by atoms with Gasteiger partial charge < -0.3 is 11.1 Å². The van der Waals surface area contributed by atoms with Gasteiger partial charge in [-0.1, -0.05) is 6.07 Å². The van der Waals surface area contributed by atoms with E-state index >= 15 is 0 Å². The van der Waals surface area contributed by atoms with Gasteiger partial charge >= 0.3 is 0 Å². The van der Waals surface area contributed by atoms with E-state index in [-0.39, 0.29) is 17.2 Å². The van der Waals surface area contributed by atoms with Gasteiger partial charge in [-0.15, -0.1) is 23.1 Å². The van der Waals surface area contributed by atoms with Crippen LogP contribution >= 0.6 is 23.1 Å². The normalized spacial score (nSPS) is 14.1. The van der Waals surface area contributed by atoms with Crippen LogP contribution in [-0.4, -0.2) is 17.6 Å². The van der Waals surface area contributed by atoms with E-state index in [1.54, 1.807) is 6.92 Å². The number of hydrogen-bond donors (Lipinski definition) is 2. The molecule has 0 fully saturated rings. The van der Waals surface area contributed by atoms with Gasteiger partial charge in [0.05, 0.1) is 11.3 Å². The zero-order valence-corrected chi connectivity index (χ0v) is 15.7. The van der Waals surface area contributed by atoms with E-state index in [1.165, 1.54) is 29.5 Å². The predicted molar refractivity (Wildman–Crippen MR) is 101 cm³/mol. The lowest BCUT2D eigenvalue weighted by atomic mass is 10.1. The van der Waals surface area contributed by atoms with Crippen molar-refractivity contribution in [2.45, 2.75) is 31.4 Å².